The second-order valence-corrected chi connectivity index (χ2v) is 45.1. The number of benzene rings is 29. The summed E-state index contributed by atoms with van der Waals surface area (Å²) in [5.41, 5.74) is 38.5. The van der Waals surface area contributed by atoms with Crippen molar-refractivity contribution in [2.24, 2.45) is 0 Å². The summed E-state index contributed by atoms with van der Waals surface area (Å²) in [6.45, 7) is 21.3. The van der Waals surface area contributed by atoms with Gasteiger partial charge in [-0.15, -0.1) is 0 Å². The van der Waals surface area contributed by atoms with Crippen molar-refractivity contribution in [2.45, 2.75) is 84.0 Å². The van der Waals surface area contributed by atoms with Crippen LogP contribution in [0.3, 0.4) is 0 Å². The summed E-state index contributed by atoms with van der Waals surface area (Å²) in [6.07, 6.45) is 0. The Morgan fingerprint density at radius 2 is 0.356 bits per heavy atom. The van der Waals surface area contributed by atoms with E-state index in [1.807, 2.05) is 0 Å². The molecule has 33 rings (SSSR count). The number of hydrogen-bond donors (Lipinski definition) is 0. The first-order valence-electron chi connectivity index (χ1n) is 53.0. The molecule has 0 bridgehead atoms. The van der Waals surface area contributed by atoms with Crippen LogP contribution in [0.5, 0.6) is 0 Å². The van der Waals surface area contributed by atoms with Gasteiger partial charge in [0.1, 0.15) is 0 Å². The highest BCUT2D eigenvalue weighted by Crippen LogP contribution is 2.59. The quantitative estimate of drug-likeness (QED) is 0.115. The lowest BCUT2D eigenvalue weighted by Crippen LogP contribution is -2.15. The van der Waals surface area contributed by atoms with E-state index in [4.69, 9.17) is 0 Å². The van der Waals surface area contributed by atoms with E-state index in [0.717, 1.165) is 0 Å². The third-order valence-corrected chi connectivity index (χ3v) is 35.9. The summed E-state index contributed by atoms with van der Waals surface area (Å²) in [4.78, 5) is 0. The van der Waals surface area contributed by atoms with Crippen LogP contribution in [0.1, 0.15) is 105 Å². The number of rotatable bonds is 6. The zero-order valence-electron chi connectivity index (χ0n) is 84.8. The lowest BCUT2D eigenvalue weighted by atomic mass is 9.80. The predicted molar refractivity (Wildman–Crippen MR) is 641 cm³/mol. The maximum atomic E-state index is 2.48. The molecular weight excluding hydrogens is 1790 g/mol. The summed E-state index contributed by atoms with van der Waals surface area (Å²) in [5.74, 6) is 0. The molecule has 0 heteroatoms. The van der Waals surface area contributed by atoms with Crippen molar-refractivity contribution < 1.29 is 0 Å². The average molecular weight is 1890 g/mol. The molecule has 0 aromatic heterocycles. The summed E-state index contributed by atoms with van der Waals surface area (Å²) in [5, 5.41) is 42.5. The molecule has 0 nitrogen and oxygen atoms in total. The molecule has 0 spiro atoms. The van der Waals surface area contributed by atoms with Crippen LogP contribution in [0.4, 0.5) is 0 Å². The average Bonchev–Trinajstić information content (AvgIpc) is 1.59. The molecule has 0 amide bonds. The minimum atomic E-state index is -0.136. The Morgan fingerprint density at radius 3 is 0.785 bits per heavy atom. The van der Waals surface area contributed by atoms with E-state index >= 15 is 0 Å². The Bertz CT molecular complexity index is 10900. The van der Waals surface area contributed by atoms with Gasteiger partial charge in [0.15, 0.2) is 0 Å². The van der Waals surface area contributed by atoms with Gasteiger partial charge in [0.05, 0.1) is 0 Å². The molecule has 29 aromatic carbocycles. The summed E-state index contributed by atoms with van der Waals surface area (Å²) in [6, 6.07) is 172. The van der Waals surface area contributed by atoms with Crippen molar-refractivity contribution in [1.82, 2.24) is 0 Å². The SMILES string of the molecule is CC1(C)c2cc(-c3cc4ccccc4c4ccccc34)ccc2-c2ccc(-c3ccc4c5ccccc5c5cccc6ccc3c4c65)cc21.CC1(C)c2ccccc2-c2ccc(-c3ccc4c(c3)C(C)(C)c3ccc(-c5ccc6c7ccccc7c7cccc8ccc5c6c87)cc3-4)cc21.Cc1ccc2c(ccc3cc(-c4ccc5c(c4)C(C)(C)c4cc(-c6ccc7c8ccccc8c8cccc9ccc6c7c98)ccc4-5)ccc32)c1. The molecule has 4 aliphatic rings. The fourth-order valence-corrected chi connectivity index (χ4v) is 28.4. The van der Waals surface area contributed by atoms with Crippen molar-refractivity contribution in [3.63, 3.8) is 0 Å². The third-order valence-electron chi connectivity index (χ3n) is 35.9. The van der Waals surface area contributed by atoms with Gasteiger partial charge >= 0.3 is 0 Å². The first kappa shape index (κ1) is 85.7. The molecule has 4 aliphatic carbocycles. The van der Waals surface area contributed by atoms with Crippen molar-refractivity contribution in [3.05, 3.63) is 505 Å². The van der Waals surface area contributed by atoms with E-state index in [-0.39, 0.29) is 21.7 Å². The lowest BCUT2D eigenvalue weighted by Gasteiger charge is -2.23. The van der Waals surface area contributed by atoms with Crippen LogP contribution in [0.15, 0.2) is 455 Å². The second kappa shape index (κ2) is 31.2. The Morgan fingerprint density at radius 1 is 0.114 bits per heavy atom. The monoisotopic (exact) mass is 1890 g/mol. The van der Waals surface area contributed by atoms with Crippen LogP contribution in [0.2, 0.25) is 0 Å². The zero-order chi connectivity index (χ0) is 99.3. The largest absolute Gasteiger partial charge is 0.0619 e. The Kier molecular flexibility index (Phi) is 17.9. The van der Waals surface area contributed by atoms with Crippen LogP contribution < -0.4 is 0 Å². The van der Waals surface area contributed by atoms with Crippen LogP contribution >= 0.6 is 0 Å². The molecule has 0 saturated carbocycles. The number of hydrogen-bond acceptors (Lipinski definition) is 0. The van der Waals surface area contributed by atoms with Gasteiger partial charge in [0, 0.05) is 21.7 Å². The van der Waals surface area contributed by atoms with E-state index < -0.39 is 0 Å². The molecule has 698 valence electrons. The summed E-state index contributed by atoms with van der Waals surface area (Å²) < 4.78 is 0. The molecule has 0 aliphatic heterocycles. The first-order chi connectivity index (χ1) is 72.8. The standard InChI is InChI=1S/C50H36.C50H34.C49H32/c1-49(2)43-15-8-7-13-36(43)37-20-17-30(27-45(37)49)31-18-21-38-42-26-32(19-25-44(42)50(3,4)46(38)28-31)33-23-24-41-35-12-6-5-11-34(35)39-14-9-10-29-16-22-40(33)48(41)47(29)39;1-29-11-18-36-33(25-29)12-13-34-26-31(15-19-37(34)36)32-16-20-41-42-21-17-35(28-47(42)50(2,3)46(41)27-32)38-23-24-45-40-9-5-4-8-39(40)43-10-6-7-30-14-22-44(38)49(45)48(30)43;1-49(2)45-27-31(34-24-25-43-37-15-7-6-14-36(37)41-17-9-11-29-18-23-42(34)48(43)47(29)41)19-21-39(45)40-22-20-32(28-46(40)49)44-26-30-10-3-4-12-33(30)35-13-5-8-16-38(35)44/h5-28H,1-4H3;4-28H,1-3H3;3-28H,1-2H3. The predicted octanol–water partition coefficient (Wildman–Crippen LogP) is 41.4. The molecule has 0 heterocycles. The van der Waals surface area contributed by atoms with Gasteiger partial charge in [-0.3, -0.25) is 0 Å². The van der Waals surface area contributed by atoms with E-state index in [0.29, 0.717) is 0 Å². The number of fused-ring (bicyclic) bond motifs is 27. The molecule has 0 unspecified atom stereocenters. The topological polar surface area (TPSA) is 0 Å². The number of aryl methyl sites for hydroxylation is 1. The van der Waals surface area contributed by atoms with Gasteiger partial charge in [0.25, 0.3) is 0 Å². The van der Waals surface area contributed by atoms with E-state index in [1.165, 1.54) is 334 Å². The molecule has 0 N–H and O–H groups in total. The minimum absolute atomic E-state index is 0.0111. The molecule has 29 aromatic rings. The van der Waals surface area contributed by atoms with Gasteiger partial charge in [-0.05, 0) is 390 Å². The Labute approximate surface area is 866 Å². The Hall–Kier alpha value is -17.7. The second-order valence-electron chi connectivity index (χ2n) is 45.1. The van der Waals surface area contributed by atoms with Crippen LogP contribution in [-0.2, 0) is 21.7 Å². The molecule has 0 radical (unpaired) electrons. The molecule has 0 fully saturated rings. The van der Waals surface area contributed by atoms with Crippen LogP contribution in [-0.4, -0.2) is 0 Å². The molecule has 0 atom stereocenters. The van der Waals surface area contributed by atoms with Gasteiger partial charge in [-0.1, -0.05) is 461 Å². The highest BCUT2D eigenvalue weighted by atomic mass is 14.4. The third kappa shape index (κ3) is 12.3. The highest BCUT2D eigenvalue weighted by Gasteiger charge is 2.42. The minimum Gasteiger partial charge on any atom is -0.0619 e. The normalized spacial score (nSPS) is 14.2. The van der Waals surface area contributed by atoms with Crippen LogP contribution in [0.25, 0.3) is 284 Å². The van der Waals surface area contributed by atoms with Gasteiger partial charge in [-0.2, -0.15) is 0 Å². The summed E-state index contributed by atoms with van der Waals surface area (Å²) >= 11 is 0. The van der Waals surface area contributed by atoms with Gasteiger partial charge in [-0.25, -0.2) is 0 Å². The molecule has 149 heavy (non-hydrogen) atoms. The van der Waals surface area contributed by atoms with Crippen molar-refractivity contribution in [1.29, 1.82) is 0 Å². The van der Waals surface area contributed by atoms with E-state index in [9.17, 15) is 0 Å². The fourth-order valence-electron chi connectivity index (χ4n) is 28.4. The fraction of sp³-hybridized carbons (Fsp3) is 0.0872. The highest BCUT2D eigenvalue weighted by molar-refractivity contribution is 6.38. The maximum absolute atomic E-state index is 2.48. The smallest absolute Gasteiger partial charge is 0.0159 e. The lowest BCUT2D eigenvalue weighted by molar-refractivity contribution is 0.659. The van der Waals surface area contributed by atoms with Crippen molar-refractivity contribution in [2.75, 3.05) is 0 Å². The summed E-state index contributed by atoms with van der Waals surface area (Å²) in [7, 11) is 0. The van der Waals surface area contributed by atoms with Crippen molar-refractivity contribution in [3.8, 4) is 111 Å². The molecular formula is C149H102. The Balaban J connectivity index is 0.000000101. The van der Waals surface area contributed by atoms with Gasteiger partial charge < -0.3 is 0 Å². The van der Waals surface area contributed by atoms with Crippen molar-refractivity contribution >= 4 is 172 Å². The molecule has 0 saturated heterocycles. The van der Waals surface area contributed by atoms with E-state index in [1.54, 1.807) is 0 Å². The first-order valence-corrected chi connectivity index (χ1v) is 53.0. The van der Waals surface area contributed by atoms with Crippen LogP contribution in [0, 0.1) is 6.92 Å². The zero-order valence-corrected chi connectivity index (χ0v) is 84.8. The van der Waals surface area contributed by atoms with E-state index in [2.05, 4.69) is 517 Å². The van der Waals surface area contributed by atoms with Gasteiger partial charge in [0.2, 0.25) is 0 Å². The maximum Gasteiger partial charge on any atom is 0.0159 e.